The first kappa shape index (κ1) is 16.2. The predicted octanol–water partition coefficient (Wildman–Crippen LogP) is 1.99. The number of nitrogens with one attached hydrogen (secondary N) is 2. The quantitative estimate of drug-likeness (QED) is 0.878. The van der Waals surface area contributed by atoms with Gasteiger partial charge in [-0.05, 0) is 18.1 Å². The fourth-order valence-electron chi connectivity index (χ4n) is 2.78. The van der Waals surface area contributed by atoms with Crippen molar-refractivity contribution >= 4 is 23.5 Å². The van der Waals surface area contributed by atoms with Crippen LogP contribution in [0.4, 0.5) is 11.6 Å². The van der Waals surface area contributed by atoms with E-state index in [1.54, 1.807) is 4.90 Å². The monoisotopic (exact) mass is 327 g/mol. The first-order chi connectivity index (χ1) is 11.5. The average molecular weight is 327 g/mol. The van der Waals surface area contributed by atoms with Crippen LogP contribution in [-0.2, 0) is 16.0 Å². The molecular weight excluding hydrogens is 306 g/mol. The van der Waals surface area contributed by atoms with Crippen LogP contribution in [0.25, 0.3) is 0 Å². The zero-order valence-corrected chi connectivity index (χ0v) is 13.8. The fourth-order valence-corrected chi connectivity index (χ4v) is 2.78. The smallest absolute Gasteiger partial charge is 0.248 e. The summed E-state index contributed by atoms with van der Waals surface area (Å²) in [7, 11) is 0. The van der Waals surface area contributed by atoms with Crippen molar-refractivity contribution < 1.29 is 9.59 Å². The van der Waals surface area contributed by atoms with E-state index in [1.807, 2.05) is 30.3 Å². The molecule has 1 aliphatic rings. The highest BCUT2D eigenvalue weighted by atomic mass is 16.2. The van der Waals surface area contributed by atoms with Crippen LogP contribution >= 0.6 is 0 Å². The van der Waals surface area contributed by atoms with Crippen LogP contribution in [0.1, 0.15) is 26.1 Å². The second kappa shape index (κ2) is 6.82. The summed E-state index contributed by atoms with van der Waals surface area (Å²) >= 11 is 0. The second-order valence-corrected chi connectivity index (χ2v) is 6.43. The van der Waals surface area contributed by atoms with E-state index in [1.165, 1.54) is 0 Å². The Kier molecular flexibility index (Phi) is 4.59. The largest absolute Gasteiger partial charge is 0.312 e. The molecule has 7 nitrogen and oxygen atoms in total. The molecule has 3 rings (SSSR count). The number of para-hydroxylation sites is 1. The molecule has 2 heterocycles. The van der Waals surface area contributed by atoms with E-state index in [0.717, 1.165) is 17.9 Å². The predicted molar refractivity (Wildman–Crippen MR) is 90.5 cm³/mol. The van der Waals surface area contributed by atoms with Crippen LogP contribution < -0.4 is 10.2 Å². The molecule has 0 unspecified atom stereocenters. The third-order valence-electron chi connectivity index (χ3n) is 3.93. The minimum Gasteiger partial charge on any atom is -0.312 e. The molecule has 1 aliphatic heterocycles. The van der Waals surface area contributed by atoms with Gasteiger partial charge in [0.15, 0.2) is 0 Å². The highest BCUT2D eigenvalue weighted by Crippen LogP contribution is 2.25. The minimum absolute atomic E-state index is 0.0446. The number of benzene rings is 1. The Labute approximate surface area is 140 Å². The van der Waals surface area contributed by atoms with Gasteiger partial charge < -0.3 is 4.90 Å². The first-order valence-corrected chi connectivity index (χ1v) is 8.10. The van der Waals surface area contributed by atoms with E-state index in [-0.39, 0.29) is 24.2 Å². The number of carbonyl (C=O) groups excluding carboxylic acids is 2. The van der Waals surface area contributed by atoms with Crippen molar-refractivity contribution in [1.82, 2.24) is 15.2 Å². The lowest BCUT2D eigenvalue weighted by molar-refractivity contribution is -0.122. The van der Waals surface area contributed by atoms with Crippen LogP contribution in [0.15, 0.2) is 30.3 Å². The maximum Gasteiger partial charge on any atom is 0.248 e. The lowest BCUT2D eigenvalue weighted by Crippen LogP contribution is -2.28. The highest BCUT2D eigenvalue weighted by Gasteiger charge is 2.35. The van der Waals surface area contributed by atoms with Crippen molar-refractivity contribution in [1.29, 1.82) is 0 Å². The molecule has 1 atom stereocenters. The van der Waals surface area contributed by atoms with Gasteiger partial charge in [-0.2, -0.15) is 4.98 Å². The number of anilines is 2. The number of aromatic nitrogens is 3. The lowest BCUT2D eigenvalue weighted by atomic mass is 10.1. The third-order valence-corrected chi connectivity index (χ3v) is 3.93. The molecule has 0 aliphatic carbocycles. The van der Waals surface area contributed by atoms with E-state index in [4.69, 9.17) is 0 Å². The van der Waals surface area contributed by atoms with Gasteiger partial charge in [-0.3, -0.25) is 20.0 Å². The van der Waals surface area contributed by atoms with Crippen LogP contribution in [-0.4, -0.2) is 33.5 Å². The topological polar surface area (TPSA) is 91.0 Å². The van der Waals surface area contributed by atoms with Gasteiger partial charge in [0.05, 0.1) is 5.92 Å². The molecule has 1 aromatic carbocycles. The SMILES string of the molecule is CC(C)Cc1nc(NC(=O)[C@H]2CC(=O)N(c3ccccc3)C2)n[nH]1. The normalized spacial score (nSPS) is 17.5. The maximum absolute atomic E-state index is 12.4. The Bertz CT molecular complexity index is 726. The molecule has 2 N–H and O–H groups in total. The number of rotatable bonds is 5. The summed E-state index contributed by atoms with van der Waals surface area (Å²) in [6.45, 7) is 4.55. The van der Waals surface area contributed by atoms with Crippen LogP contribution in [0.3, 0.4) is 0 Å². The van der Waals surface area contributed by atoms with Gasteiger partial charge in [0.25, 0.3) is 0 Å². The lowest BCUT2D eigenvalue weighted by Gasteiger charge is -2.16. The Hall–Kier alpha value is -2.70. The summed E-state index contributed by atoms with van der Waals surface area (Å²) in [6.07, 6.45) is 0.969. The number of nitrogens with zero attached hydrogens (tertiary/aromatic N) is 3. The molecule has 24 heavy (non-hydrogen) atoms. The fraction of sp³-hybridized carbons (Fsp3) is 0.412. The third kappa shape index (κ3) is 3.61. The molecule has 7 heteroatoms. The average Bonchev–Trinajstić information content (AvgIpc) is 3.14. The van der Waals surface area contributed by atoms with Crippen molar-refractivity contribution in [2.45, 2.75) is 26.7 Å². The molecule has 0 bridgehead atoms. The number of aromatic amines is 1. The second-order valence-electron chi connectivity index (χ2n) is 6.43. The number of hydrogen-bond donors (Lipinski definition) is 2. The molecule has 1 fully saturated rings. The molecule has 0 radical (unpaired) electrons. The molecule has 126 valence electrons. The summed E-state index contributed by atoms with van der Waals surface area (Å²) in [5.41, 5.74) is 0.815. The number of hydrogen-bond acceptors (Lipinski definition) is 4. The summed E-state index contributed by atoms with van der Waals surface area (Å²) < 4.78 is 0. The standard InChI is InChI=1S/C17H21N5O2/c1-11(2)8-14-18-17(21-20-14)19-16(24)12-9-15(23)22(10-12)13-6-4-3-5-7-13/h3-7,11-12H,8-10H2,1-2H3,(H2,18,19,20,21,24)/t12-/m0/s1. The van der Waals surface area contributed by atoms with Crippen LogP contribution in [0.5, 0.6) is 0 Å². The molecular formula is C17H21N5O2. The first-order valence-electron chi connectivity index (χ1n) is 8.10. The van der Waals surface area contributed by atoms with Crippen molar-refractivity contribution in [3.63, 3.8) is 0 Å². The zero-order chi connectivity index (χ0) is 17.1. The summed E-state index contributed by atoms with van der Waals surface area (Å²) in [4.78, 5) is 30.5. The van der Waals surface area contributed by atoms with E-state index in [9.17, 15) is 9.59 Å². The van der Waals surface area contributed by atoms with Crippen molar-refractivity contribution in [3.05, 3.63) is 36.2 Å². The van der Waals surface area contributed by atoms with Crippen molar-refractivity contribution in [2.24, 2.45) is 11.8 Å². The maximum atomic E-state index is 12.4. The van der Waals surface area contributed by atoms with Gasteiger partial charge in [0, 0.05) is 25.1 Å². The Morgan fingerprint density at radius 1 is 1.38 bits per heavy atom. The Morgan fingerprint density at radius 3 is 2.83 bits per heavy atom. The zero-order valence-electron chi connectivity index (χ0n) is 13.8. The minimum atomic E-state index is -0.398. The van der Waals surface area contributed by atoms with Gasteiger partial charge in [-0.25, -0.2) is 0 Å². The summed E-state index contributed by atoms with van der Waals surface area (Å²) in [5, 5.41) is 9.53. The molecule has 2 amide bonds. The summed E-state index contributed by atoms with van der Waals surface area (Å²) in [5.74, 6) is 0.793. The number of carbonyl (C=O) groups is 2. The van der Waals surface area contributed by atoms with Crippen LogP contribution in [0.2, 0.25) is 0 Å². The van der Waals surface area contributed by atoms with Crippen LogP contribution in [0, 0.1) is 11.8 Å². The summed E-state index contributed by atoms with van der Waals surface area (Å²) in [6, 6.07) is 9.38. The number of amides is 2. The van der Waals surface area contributed by atoms with Gasteiger partial charge in [0.1, 0.15) is 5.82 Å². The van der Waals surface area contributed by atoms with Crippen molar-refractivity contribution in [3.8, 4) is 0 Å². The van der Waals surface area contributed by atoms with Gasteiger partial charge >= 0.3 is 0 Å². The Balaban J connectivity index is 1.62. The molecule has 0 saturated carbocycles. The van der Waals surface area contributed by atoms with E-state index in [0.29, 0.717) is 12.5 Å². The van der Waals surface area contributed by atoms with Crippen molar-refractivity contribution in [2.75, 3.05) is 16.8 Å². The van der Waals surface area contributed by atoms with E-state index in [2.05, 4.69) is 34.3 Å². The van der Waals surface area contributed by atoms with Gasteiger partial charge in [-0.15, -0.1) is 5.10 Å². The van der Waals surface area contributed by atoms with Gasteiger partial charge in [0.2, 0.25) is 17.8 Å². The van der Waals surface area contributed by atoms with E-state index >= 15 is 0 Å². The van der Waals surface area contributed by atoms with Gasteiger partial charge in [-0.1, -0.05) is 32.0 Å². The molecule has 1 aromatic heterocycles. The highest BCUT2D eigenvalue weighted by molar-refractivity contribution is 6.03. The Morgan fingerprint density at radius 2 is 2.12 bits per heavy atom. The molecule has 2 aromatic rings. The molecule has 1 saturated heterocycles. The molecule has 0 spiro atoms. The number of H-pyrrole nitrogens is 1. The van der Waals surface area contributed by atoms with E-state index < -0.39 is 5.92 Å².